The summed E-state index contributed by atoms with van der Waals surface area (Å²) in [6.45, 7) is 0. The first-order valence-corrected chi connectivity index (χ1v) is 18.1. The highest BCUT2D eigenvalue weighted by Crippen LogP contribution is 2.43. The monoisotopic (exact) mass is 716 g/mol. The molecular weight excluding hydrogens is 679 g/mol. The maximum atomic E-state index is 9.06. The molecule has 0 amide bonds. The number of thiophene rings is 1. The summed E-state index contributed by atoms with van der Waals surface area (Å²) in [5.41, 5.74) is 4.87. The molecule has 5 heteroatoms. The zero-order valence-corrected chi connectivity index (χ0v) is 29.0. The van der Waals surface area contributed by atoms with E-state index in [0.717, 1.165) is 32.3 Å². The van der Waals surface area contributed by atoms with Gasteiger partial charge in [0.15, 0.2) is 17.5 Å². The zero-order chi connectivity index (χ0) is 43.4. The number of nitrogens with zero attached hydrogens (tertiary/aromatic N) is 3. The molecule has 0 radical (unpaired) electrons. The lowest BCUT2D eigenvalue weighted by atomic mass is 9.97. The van der Waals surface area contributed by atoms with Gasteiger partial charge in [0.25, 0.3) is 0 Å². The molecule has 0 aliphatic rings. The molecule has 0 aliphatic carbocycles. The van der Waals surface area contributed by atoms with Crippen LogP contribution in [0.5, 0.6) is 0 Å². The van der Waals surface area contributed by atoms with Gasteiger partial charge in [-0.15, -0.1) is 11.3 Å². The van der Waals surface area contributed by atoms with Crippen molar-refractivity contribution in [1.29, 1.82) is 0 Å². The Morgan fingerprint density at radius 1 is 0.426 bits per heavy atom. The van der Waals surface area contributed by atoms with Crippen molar-refractivity contribution in [3.8, 4) is 56.4 Å². The number of benzene rings is 8. The molecule has 0 atom stereocenters. The Morgan fingerprint density at radius 2 is 1.04 bits per heavy atom. The molecule has 11 rings (SSSR count). The summed E-state index contributed by atoms with van der Waals surface area (Å²) < 4.78 is 87.0. The Hall–Kier alpha value is -6.95. The summed E-state index contributed by atoms with van der Waals surface area (Å²) in [7, 11) is 0. The van der Waals surface area contributed by atoms with Gasteiger partial charge in [-0.25, -0.2) is 15.0 Å². The number of furan rings is 1. The predicted octanol–water partition coefficient (Wildman–Crippen LogP) is 13.6. The molecule has 11 aromatic rings. The van der Waals surface area contributed by atoms with Gasteiger partial charge in [-0.1, -0.05) is 151 Å². The summed E-state index contributed by atoms with van der Waals surface area (Å²) in [5, 5.41) is 2.04. The lowest BCUT2D eigenvalue weighted by Gasteiger charge is -2.11. The first-order valence-electron chi connectivity index (χ1n) is 21.8. The average molecular weight is 717 g/mol. The second kappa shape index (κ2) is 12.3. The fraction of sp³-hybridized carbons (Fsp3) is 0. The van der Waals surface area contributed by atoms with Crippen LogP contribution in [0.3, 0.4) is 0 Å². The fourth-order valence-electron chi connectivity index (χ4n) is 7.10. The number of hydrogen-bond acceptors (Lipinski definition) is 5. The van der Waals surface area contributed by atoms with Crippen LogP contribution in [0, 0.1) is 0 Å². The molecule has 54 heavy (non-hydrogen) atoms. The maximum Gasteiger partial charge on any atom is 0.164 e. The van der Waals surface area contributed by atoms with Gasteiger partial charge in [-0.05, 0) is 46.3 Å². The summed E-state index contributed by atoms with van der Waals surface area (Å²) in [4.78, 5) is 15.0. The Balaban J connectivity index is 1.10. The van der Waals surface area contributed by atoms with Crippen molar-refractivity contribution in [2.24, 2.45) is 0 Å². The van der Waals surface area contributed by atoms with Crippen LogP contribution >= 0.6 is 11.3 Å². The van der Waals surface area contributed by atoms with E-state index in [1.54, 1.807) is 35.6 Å². The van der Waals surface area contributed by atoms with Crippen molar-refractivity contribution < 1.29 is 16.8 Å². The van der Waals surface area contributed by atoms with Crippen LogP contribution in [0.1, 0.15) is 12.3 Å². The Kier molecular flexibility index (Phi) is 5.22. The molecule has 3 aromatic heterocycles. The van der Waals surface area contributed by atoms with Crippen molar-refractivity contribution in [2.75, 3.05) is 0 Å². The Bertz CT molecular complexity index is 3730. The summed E-state index contributed by atoms with van der Waals surface area (Å²) >= 11 is 1.72. The van der Waals surface area contributed by atoms with Gasteiger partial charge >= 0.3 is 0 Å². The standard InChI is InChI=1S/C49H29N3OS/c1-3-12-30(13-4-1)41-28-35(29-43-44(41)40-18-9-10-21-42(40)54-43)49-51-47(33-15-5-2-6-16-33)50-48(52-49)34-24-22-32(23-25-34)37-19-11-20-38-39-27-26-31-14-7-8-17-36(31)46(39)53-45(37)38/h1-29H/i7D,8D,11D,14D,17D,19D,20D,26D,27D. The van der Waals surface area contributed by atoms with E-state index >= 15 is 0 Å². The Labute approximate surface area is 327 Å². The van der Waals surface area contributed by atoms with Crippen LogP contribution in [0.2, 0.25) is 0 Å². The topological polar surface area (TPSA) is 51.8 Å². The molecule has 0 fully saturated rings. The van der Waals surface area contributed by atoms with Gasteiger partial charge in [0, 0.05) is 58.6 Å². The molecule has 0 saturated heterocycles. The van der Waals surface area contributed by atoms with Gasteiger partial charge in [0.2, 0.25) is 0 Å². The van der Waals surface area contributed by atoms with E-state index < -0.39 is 48.3 Å². The third kappa shape index (κ3) is 5.01. The highest BCUT2D eigenvalue weighted by Gasteiger charge is 2.19. The number of para-hydroxylation sites is 1. The largest absolute Gasteiger partial charge is 0.455 e. The molecule has 0 saturated carbocycles. The van der Waals surface area contributed by atoms with Crippen LogP contribution in [0.25, 0.3) is 109 Å². The van der Waals surface area contributed by atoms with Gasteiger partial charge in [0.1, 0.15) is 11.2 Å². The Morgan fingerprint density at radius 3 is 1.83 bits per heavy atom. The summed E-state index contributed by atoms with van der Waals surface area (Å²) in [6.07, 6.45) is 0. The minimum absolute atomic E-state index is 0.00350. The molecule has 0 N–H and O–H groups in total. The van der Waals surface area contributed by atoms with Crippen molar-refractivity contribution in [1.82, 2.24) is 15.0 Å². The maximum absolute atomic E-state index is 9.06. The van der Waals surface area contributed by atoms with E-state index in [9.17, 15) is 0 Å². The predicted molar refractivity (Wildman–Crippen MR) is 225 cm³/mol. The van der Waals surface area contributed by atoms with Crippen LogP contribution < -0.4 is 0 Å². The summed E-state index contributed by atoms with van der Waals surface area (Å²) in [5.74, 6) is 1.35. The van der Waals surface area contributed by atoms with Crippen LogP contribution in [0.4, 0.5) is 0 Å². The molecule has 0 bridgehead atoms. The second-order valence-corrected chi connectivity index (χ2v) is 14.0. The first-order chi connectivity index (χ1) is 30.5. The van der Waals surface area contributed by atoms with Crippen molar-refractivity contribution >= 4 is 64.2 Å². The second-order valence-electron chi connectivity index (χ2n) is 12.9. The molecule has 0 aliphatic heterocycles. The summed E-state index contributed by atoms with van der Waals surface area (Å²) in [6, 6.07) is 35.7. The number of aromatic nitrogens is 3. The minimum Gasteiger partial charge on any atom is -0.455 e. The number of fused-ring (bicyclic) bond motifs is 8. The fourth-order valence-corrected chi connectivity index (χ4v) is 8.28. The van der Waals surface area contributed by atoms with Crippen LogP contribution in [-0.4, -0.2) is 15.0 Å². The van der Waals surface area contributed by atoms with Gasteiger partial charge < -0.3 is 4.42 Å². The molecule has 8 aromatic carbocycles. The quantitative estimate of drug-likeness (QED) is 0.178. The lowest BCUT2D eigenvalue weighted by Crippen LogP contribution is -2.00. The SMILES string of the molecule is [2H]c1c([2H])c([2H])c2c(oc3c4c([2H])c([2H])c([2H])c([2H])c4c([2H])c([2H])c32)c1-c1ccc(-c2nc(-c3ccccc3)nc(-c3cc(-c4ccccc4)c4c(c3)sc3ccccc34)n2)cc1. The van der Waals surface area contributed by atoms with E-state index in [4.69, 9.17) is 31.7 Å². The first kappa shape index (κ1) is 22.9. The van der Waals surface area contributed by atoms with E-state index in [0.29, 0.717) is 28.6 Å². The lowest BCUT2D eigenvalue weighted by molar-refractivity contribution is 0.674. The smallest absolute Gasteiger partial charge is 0.164 e. The number of hydrogen-bond donors (Lipinski definition) is 0. The normalized spacial score (nSPS) is 14.0. The molecule has 3 heterocycles. The highest BCUT2D eigenvalue weighted by atomic mass is 32.1. The molecule has 4 nitrogen and oxygen atoms in total. The third-order valence-electron chi connectivity index (χ3n) is 9.66. The van der Waals surface area contributed by atoms with Crippen molar-refractivity contribution in [3.05, 3.63) is 176 Å². The van der Waals surface area contributed by atoms with Crippen LogP contribution in [0.15, 0.2) is 180 Å². The van der Waals surface area contributed by atoms with Gasteiger partial charge in [-0.3, -0.25) is 0 Å². The van der Waals surface area contributed by atoms with Crippen molar-refractivity contribution in [3.63, 3.8) is 0 Å². The molecule has 252 valence electrons. The molecule has 0 unspecified atom stereocenters. The van der Waals surface area contributed by atoms with Crippen molar-refractivity contribution in [2.45, 2.75) is 0 Å². The van der Waals surface area contributed by atoms with Crippen LogP contribution in [-0.2, 0) is 0 Å². The van der Waals surface area contributed by atoms with Gasteiger partial charge in [0.05, 0.1) is 12.3 Å². The third-order valence-corrected chi connectivity index (χ3v) is 10.8. The zero-order valence-electron chi connectivity index (χ0n) is 37.2. The molecular formula is C49H29N3OS. The van der Waals surface area contributed by atoms with Gasteiger partial charge in [-0.2, -0.15) is 0 Å². The van der Waals surface area contributed by atoms with E-state index in [1.807, 2.05) is 54.6 Å². The highest BCUT2D eigenvalue weighted by molar-refractivity contribution is 7.26. The van der Waals surface area contributed by atoms with E-state index in [1.165, 1.54) is 10.1 Å². The average Bonchev–Trinajstić information content (AvgIpc) is 3.90. The van der Waals surface area contributed by atoms with E-state index in [-0.39, 0.29) is 44.3 Å². The van der Waals surface area contributed by atoms with E-state index in [2.05, 4.69) is 42.5 Å². The minimum atomic E-state index is -0.546. The molecule has 0 spiro atoms. The number of rotatable bonds is 5.